The number of allylic oxidation sites excluding steroid dienone is 4. The van der Waals surface area contributed by atoms with Gasteiger partial charge in [0.25, 0.3) is 0 Å². The molecule has 0 atom stereocenters. The van der Waals surface area contributed by atoms with E-state index >= 15 is 0 Å². The highest BCUT2D eigenvalue weighted by atomic mass is 15.2. The Morgan fingerprint density at radius 3 is 1.09 bits per heavy atom. The lowest BCUT2D eigenvalue weighted by Gasteiger charge is -2.39. The first-order valence-electron chi connectivity index (χ1n) is 22.3. The van der Waals surface area contributed by atoms with E-state index < -0.39 is 0 Å². The van der Waals surface area contributed by atoms with E-state index in [0.717, 1.165) is 5.57 Å². The third kappa shape index (κ3) is 5.65. The lowest BCUT2D eigenvalue weighted by molar-refractivity contribution is 0.644. The van der Waals surface area contributed by atoms with Crippen molar-refractivity contribution in [3.05, 3.63) is 150 Å². The van der Waals surface area contributed by atoms with E-state index in [1.165, 1.54) is 189 Å². The van der Waals surface area contributed by atoms with Crippen LogP contribution in [-0.4, -0.2) is 0 Å². The van der Waals surface area contributed by atoms with Gasteiger partial charge in [-0.3, -0.25) is 0 Å². The molecule has 6 aliphatic rings. The van der Waals surface area contributed by atoms with Crippen LogP contribution in [0.3, 0.4) is 0 Å². The van der Waals surface area contributed by atoms with Crippen LogP contribution in [0.25, 0.3) is 76.9 Å². The summed E-state index contributed by atoms with van der Waals surface area (Å²) in [6.45, 7) is 8.50. The van der Waals surface area contributed by atoms with E-state index in [4.69, 9.17) is 0 Å². The Balaban J connectivity index is 1.49. The molecule has 5 aromatic carbocycles. The molecule has 1 heteroatoms. The molecule has 0 unspecified atom stereocenters. The van der Waals surface area contributed by atoms with Gasteiger partial charge < -0.3 is 4.90 Å². The Hall–Kier alpha value is -5.66. The SMILES string of the molecule is C=C/C=C(\C=C)c1cc2c3c(c1)c(=C1CCCCC1)c1cc(-c4ccccc4)cc4c1N3c1c(cc(-c3ccccc3)cc1c4=C1CCCCC1)c2=C1CCCCC1. The highest BCUT2D eigenvalue weighted by Crippen LogP contribution is 2.53. The van der Waals surface area contributed by atoms with Gasteiger partial charge in [-0.25, -0.2) is 0 Å². The predicted octanol–water partition coefficient (Wildman–Crippen LogP) is 14.5. The molecule has 5 aromatic rings. The molecule has 0 aromatic heterocycles. The van der Waals surface area contributed by atoms with E-state index in [9.17, 15) is 0 Å². The molecule has 286 valence electrons. The molecule has 3 fully saturated rings. The van der Waals surface area contributed by atoms with Crippen LogP contribution in [0.15, 0.2) is 128 Å². The summed E-state index contributed by atoms with van der Waals surface area (Å²) in [6.07, 6.45) is 24.7. The van der Waals surface area contributed by atoms with E-state index in [-0.39, 0.29) is 0 Å². The molecule has 0 N–H and O–H groups in total. The number of nitrogens with zero attached hydrogens (tertiary/aromatic N) is 1. The average Bonchev–Trinajstić information content (AvgIpc) is 3.29. The van der Waals surface area contributed by atoms with Crippen molar-refractivity contribution in [3.63, 3.8) is 0 Å². The summed E-state index contributed by atoms with van der Waals surface area (Å²) in [4.78, 5) is 2.78. The Morgan fingerprint density at radius 2 is 0.759 bits per heavy atom. The summed E-state index contributed by atoms with van der Waals surface area (Å²) >= 11 is 0. The van der Waals surface area contributed by atoms with Gasteiger partial charge in [-0.2, -0.15) is 0 Å². The summed E-state index contributed by atoms with van der Waals surface area (Å²) in [5, 5.41) is 13.0. The van der Waals surface area contributed by atoms with Gasteiger partial charge in [0, 0.05) is 32.3 Å². The normalized spacial score (nSPS) is 17.4. The molecule has 0 amide bonds. The topological polar surface area (TPSA) is 3.24 Å². The minimum absolute atomic E-state index is 1.13. The maximum atomic E-state index is 4.35. The standard InChI is InChI=1S/C57H53N/c1-3-20-37(4-2)43-31-46-52(40-25-14-7-15-26-40)48-33-44(38-21-10-5-11-22-38)35-50-54(42-29-18-9-19-30-42)51-36-45(39-23-12-6-13-24-39)34-49-53(41-27-16-8-17-28-41)47(32-43)55(46)58(56(48)50)57(49)51/h3-6,10-13,20-24,31-36H,1-2,7-9,14-19,25-30H2/b37-20+. The number of benzene rings is 5. The molecule has 0 spiro atoms. The zero-order chi connectivity index (χ0) is 38.7. The van der Waals surface area contributed by atoms with E-state index in [0.29, 0.717) is 0 Å². The van der Waals surface area contributed by atoms with Crippen LogP contribution < -0.4 is 20.6 Å². The van der Waals surface area contributed by atoms with Gasteiger partial charge in [0.05, 0.1) is 17.1 Å². The first kappa shape index (κ1) is 35.5. The number of hydrogen-bond donors (Lipinski definition) is 0. The monoisotopic (exact) mass is 751 g/mol. The van der Waals surface area contributed by atoms with Crippen molar-refractivity contribution in [2.24, 2.45) is 0 Å². The van der Waals surface area contributed by atoms with Crippen molar-refractivity contribution in [1.82, 2.24) is 0 Å². The van der Waals surface area contributed by atoms with Crippen molar-refractivity contribution in [2.75, 3.05) is 4.90 Å². The molecule has 0 saturated heterocycles. The quantitative estimate of drug-likeness (QED) is 0.158. The molecular formula is C57H53N. The summed E-state index contributed by atoms with van der Waals surface area (Å²) in [7, 11) is 0. The Morgan fingerprint density at radius 1 is 0.414 bits per heavy atom. The molecule has 11 rings (SSSR count). The molecular weight excluding hydrogens is 699 g/mol. The molecule has 3 aliphatic carbocycles. The zero-order valence-electron chi connectivity index (χ0n) is 33.9. The highest BCUT2D eigenvalue weighted by molar-refractivity contribution is 6.23. The lowest BCUT2D eigenvalue weighted by atomic mass is 9.80. The van der Waals surface area contributed by atoms with Crippen LogP contribution >= 0.6 is 0 Å². The molecule has 0 radical (unpaired) electrons. The van der Waals surface area contributed by atoms with Crippen LogP contribution in [0.1, 0.15) is 102 Å². The fourth-order valence-corrected chi connectivity index (χ4v) is 11.5. The van der Waals surface area contributed by atoms with Gasteiger partial charge in [0.2, 0.25) is 0 Å². The second kappa shape index (κ2) is 14.6. The zero-order valence-corrected chi connectivity index (χ0v) is 33.9. The van der Waals surface area contributed by atoms with Gasteiger partial charge in [-0.05, 0) is 162 Å². The number of anilines is 3. The van der Waals surface area contributed by atoms with Gasteiger partial charge >= 0.3 is 0 Å². The van der Waals surface area contributed by atoms with Crippen LogP contribution in [0.2, 0.25) is 0 Å². The van der Waals surface area contributed by atoms with E-state index in [1.807, 2.05) is 12.2 Å². The van der Waals surface area contributed by atoms with Gasteiger partial charge in [0.15, 0.2) is 0 Å². The van der Waals surface area contributed by atoms with Crippen LogP contribution in [0.4, 0.5) is 17.1 Å². The van der Waals surface area contributed by atoms with Crippen LogP contribution in [-0.2, 0) is 0 Å². The van der Waals surface area contributed by atoms with Crippen LogP contribution in [0, 0.1) is 0 Å². The lowest BCUT2D eigenvalue weighted by Crippen LogP contribution is -2.32. The second-order valence-electron chi connectivity index (χ2n) is 17.5. The maximum absolute atomic E-state index is 4.35. The van der Waals surface area contributed by atoms with Crippen molar-refractivity contribution in [2.45, 2.75) is 96.3 Å². The maximum Gasteiger partial charge on any atom is 0.0620 e. The first-order chi connectivity index (χ1) is 28.7. The second-order valence-corrected chi connectivity index (χ2v) is 17.5. The molecule has 58 heavy (non-hydrogen) atoms. The fraction of sp³-hybridized carbons (Fsp3) is 0.263. The molecule has 3 saturated carbocycles. The number of rotatable bonds is 5. The Kier molecular flexibility index (Phi) is 8.95. The largest absolute Gasteiger partial charge is 0.307 e. The van der Waals surface area contributed by atoms with Crippen LogP contribution in [0.5, 0.6) is 0 Å². The predicted molar refractivity (Wildman–Crippen MR) is 252 cm³/mol. The molecule has 0 bridgehead atoms. The third-order valence-corrected chi connectivity index (χ3v) is 14.1. The smallest absolute Gasteiger partial charge is 0.0620 e. The molecule has 1 nitrogen and oxygen atoms in total. The van der Waals surface area contributed by atoms with Gasteiger partial charge in [-0.1, -0.05) is 128 Å². The van der Waals surface area contributed by atoms with E-state index in [2.05, 4.69) is 121 Å². The Bertz CT molecular complexity index is 2800. The Labute approximate surface area is 343 Å². The molecule has 3 heterocycles. The van der Waals surface area contributed by atoms with Crippen molar-refractivity contribution >= 4 is 71.7 Å². The first-order valence-corrected chi connectivity index (χ1v) is 22.3. The van der Waals surface area contributed by atoms with Gasteiger partial charge in [-0.15, -0.1) is 0 Å². The summed E-state index contributed by atoms with van der Waals surface area (Å²) in [6, 6.07) is 37.8. The van der Waals surface area contributed by atoms with E-state index in [1.54, 1.807) is 16.7 Å². The minimum atomic E-state index is 1.13. The molecule has 3 aliphatic heterocycles. The average molecular weight is 752 g/mol. The van der Waals surface area contributed by atoms with Crippen molar-refractivity contribution in [3.8, 4) is 22.3 Å². The summed E-state index contributed by atoms with van der Waals surface area (Å²) in [5.74, 6) is 0. The highest BCUT2D eigenvalue weighted by Gasteiger charge is 2.35. The summed E-state index contributed by atoms with van der Waals surface area (Å²) < 4.78 is 0. The number of hydrogen-bond acceptors (Lipinski definition) is 1. The van der Waals surface area contributed by atoms with Crippen molar-refractivity contribution < 1.29 is 0 Å². The fourth-order valence-electron chi connectivity index (χ4n) is 11.5. The minimum Gasteiger partial charge on any atom is -0.307 e. The third-order valence-electron chi connectivity index (χ3n) is 14.1. The summed E-state index contributed by atoms with van der Waals surface area (Å²) in [5.41, 5.74) is 16.8. The van der Waals surface area contributed by atoms with Crippen molar-refractivity contribution in [1.29, 1.82) is 0 Å². The van der Waals surface area contributed by atoms with Gasteiger partial charge in [0.1, 0.15) is 0 Å².